The third kappa shape index (κ3) is 6.11. The second-order valence-corrected chi connectivity index (χ2v) is 12.9. The number of rotatable bonds is 3. The molecule has 0 aliphatic carbocycles. The SMILES string of the molecule is Cc1c2ccc3c1nnn3CCCCCCc1ccc3c(c1)cc(n3CC(F)(F)F)C(=O)N1CCc3ccc(cc3C1)[C@@H]2CC(=O)O. The van der Waals surface area contributed by atoms with Gasteiger partial charge in [-0.1, -0.05) is 48.4 Å². The van der Waals surface area contributed by atoms with Crippen molar-refractivity contribution in [3.63, 3.8) is 0 Å². The number of aryl methyl sites for hydroxylation is 3. The van der Waals surface area contributed by atoms with Crippen LogP contribution in [0.5, 0.6) is 0 Å². The lowest BCUT2D eigenvalue weighted by Crippen LogP contribution is -2.37. The molecule has 0 spiro atoms. The van der Waals surface area contributed by atoms with E-state index >= 15 is 0 Å². The Labute approximate surface area is 269 Å². The molecule has 10 bridgehead atoms. The Bertz CT molecular complexity index is 2010. The van der Waals surface area contributed by atoms with E-state index in [9.17, 15) is 27.9 Å². The van der Waals surface area contributed by atoms with Gasteiger partial charge in [0, 0.05) is 36.5 Å². The quantitative estimate of drug-likeness (QED) is 0.225. The van der Waals surface area contributed by atoms with E-state index in [2.05, 4.69) is 10.3 Å². The van der Waals surface area contributed by atoms with Crippen LogP contribution < -0.4 is 0 Å². The molecule has 47 heavy (non-hydrogen) atoms. The number of carboxylic acid groups (broad SMARTS) is 1. The number of nitrogens with zero attached hydrogens (tertiary/aromatic N) is 5. The van der Waals surface area contributed by atoms with Crippen LogP contribution in [0.15, 0.2) is 54.6 Å². The Morgan fingerprint density at radius 1 is 0.936 bits per heavy atom. The molecule has 0 saturated heterocycles. The first-order valence-corrected chi connectivity index (χ1v) is 16.2. The summed E-state index contributed by atoms with van der Waals surface area (Å²) in [5.74, 6) is -1.86. The van der Waals surface area contributed by atoms with Gasteiger partial charge in [-0.25, -0.2) is 4.68 Å². The topological polar surface area (TPSA) is 93.3 Å². The summed E-state index contributed by atoms with van der Waals surface area (Å²) in [5.41, 5.74) is 7.54. The van der Waals surface area contributed by atoms with E-state index < -0.39 is 30.5 Å². The van der Waals surface area contributed by atoms with Crippen molar-refractivity contribution in [2.24, 2.45) is 0 Å². The Morgan fingerprint density at radius 2 is 1.74 bits per heavy atom. The molecule has 0 radical (unpaired) electrons. The van der Waals surface area contributed by atoms with Crippen LogP contribution in [-0.2, 0) is 37.3 Å². The lowest BCUT2D eigenvalue weighted by atomic mass is 9.83. The Kier molecular flexibility index (Phi) is 8.01. The molecule has 1 amide bonds. The van der Waals surface area contributed by atoms with Crippen molar-refractivity contribution < 1.29 is 27.9 Å². The largest absolute Gasteiger partial charge is 0.481 e. The molecule has 244 valence electrons. The second kappa shape index (κ2) is 12.2. The number of aromatic nitrogens is 4. The lowest BCUT2D eigenvalue weighted by molar-refractivity contribution is -0.140. The molecule has 3 aliphatic rings. The van der Waals surface area contributed by atoms with Gasteiger partial charge < -0.3 is 14.6 Å². The predicted octanol–water partition coefficient (Wildman–Crippen LogP) is 7.18. The minimum atomic E-state index is -4.50. The van der Waals surface area contributed by atoms with Gasteiger partial charge in [-0.2, -0.15) is 13.2 Å². The van der Waals surface area contributed by atoms with E-state index in [-0.39, 0.29) is 18.7 Å². The predicted molar refractivity (Wildman–Crippen MR) is 171 cm³/mol. The smallest absolute Gasteiger partial charge is 0.406 e. The molecule has 8 rings (SSSR count). The van der Waals surface area contributed by atoms with E-state index in [1.165, 1.54) is 0 Å². The molecule has 11 heteroatoms. The normalized spacial score (nSPS) is 17.6. The molecule has 3 aromatic carbocycles. The summed E-state index contributed by atoms with van der Waals surface area (Å²) >= 11 is 0. The van der Waals surface area contributed by atoms with Crippen molar-refractivity contribution in [1.82, 2.24) is 24.5 Å². The summed E-state index contributed by atoms with van der Waals surface area (Å²) in [6.45, 7) is 2.00. The van der Waals surface area contributed by atoms with Crippen LogP contribution in [0.3, 0.4) is 0 Å². The standard InChI is InChI=1S/C36H36F3N5O3/c1-22-28-10-12-31-34(22)40-41-44(31)14-5-3-2-4-6-23-7-11-30-26(16-23)18-32(43(30)21-36(37,38)39)35(47)42-15-13-24-8-9-25(17-27(24)20-42)29(28)19-33(45)46/h7-12,16-18,29H,2-6,13-15,19-21H2,1H3,(H,45,46)/t29-/m0/s1. The van der Waals surface area contributed by atoms with Crippen LogP contribution in [0.1, 0.15) is 81.9 Å². The van der Waals surface area contributed by atoms with Gasteiger partial charge in [-0.05, 0) is 90.3 Å². The van der Waals surface area contributed by atoms with Gasteiger partial charge in [0.15, 0.2) is 0 Å². The zero-order valence-electron chi connectivity index (χ0n) is 26.2. The van der Waals surface area contributed by atoms with Gasteiger partial charge in [-0.3, -0.25) is 9.59 Å². The minimum Gasteiger partial charge on any atom is -0.481 e. The van der Waals surface area contributed by atoms with E-state index in [4.69, 9.17) is 0 Å². The van der Waals surface area contributed by atoms with Crippen LogP contribution in [-0.4, -0.2) is 54.2 Å². The fourth-order valence-corrected chi connectivity index (χ4v) is 7.38. The number of benzene rings is 3. The number of aliphatic carboxylic acids is 1. The van der Waals surface area contributed by atoms with Crippen LogP contribution in [0, 0.1) is 6.92 Å². The molecule has 3 aliphatic heterocycles. The highest BCUT2D eigenvalue weighted by molar-refractivity contribution is 5.99. The van der Waals surface area contributed by atoms with Crippen LogP contribution in [0.2, 0.25) is 0 Å². The summed E-state index contributed by atoms with van der Waals surface area (Å²) in [7, 11) is 0. The number of hydrogen-bond donors (Lipinski definition) is 1. The summed E-state index contributed by atoms with van der Waals surface area (Å²) in [4.78, 5) is 27.7. The van der Waals surface area contributed by atoms with Gasteiger partial charge in [-0.15, -0.1) is 5.10 Å². The molecule has 5 heterocycles. The highest BCUT2D eigenvalue weighted by Crippen LogP contribution is 2.36. The Morgan fingerprint density at radius 3 is 2.55 bits per heavy atom. The molecule has 5 aromatic rings. The Hall–Kier alpha value is -4.67. The number of amides is 1. The van der Waals surface area contributed by atoms with E-state index in [1.807, 2.05) is 54.1 Å². The van der Waals surface area contributed by atoms with Crippen molar-refractivity contribution in [1.29, 1.82) is 0 Å². The fourth-order valence-electron chi connectivity index (χ4n) is 7.38. The lowest BCUT2D eigenvalue weighted by Gasteiger charge is -2.30. The number of carbonyl (C=O) groups is 2. The molecule has 0 fully saturated rings. The first-order chi connectivity index (χ1) is 22.6. The molecule has 1 atom stereocenters. The van der Waals surface area contributed by atoms with Gasteiger partial charge in [0.05, 0.1) is 11.9 Å². The molecule has 8 nitrogen and oxygen atoms in total. The second-order valence-electron chi connectivity index (χ2n) is 12.9. The van der Waals surface area contributed by atoms with Crippen molar-refractivity contribution >= 4 is 33.8 Å². The summed E-state index contributed by atoms with van der Waals surface area (Å²) in [5, 5.41) is 19.5. The number of carbonyl (C=O) groups excluding carboxylic acids is 1. The first-order valence-electron chi connectivity index (χ1n) is 16.2. The zero-order valence-corrected chi connectivity index (χ0v) is 26.2. The van der Waals surface area contributed by atoms with E-state index in [0.717, 1.165) is 81.1 Å². The van der Waals surface area contributed by atoms with E-state index in [1.54, 1.807) is 17.0 Å². The number of halogens is 3. The van der Waals surface area contributed by atoms with Gasteiger partial charge in [0.1, 0.15) is 17.8 Å². The summed E-state index contributed by atoms with van der Waals surface area (Å²) in [6, 6.07) is 16.9. The number of hydrogen-bond acceptors (Lipinski definition) is 4. The molecule has 0 saturated carbocycles. The maximum Gasteiger partial charge on any atom is 0.406 e. The fraction of sp³-hybridized carbons (Fsp3) is 0.389. The zero-order chi connectivity index (χ0) is 32.9. The highest BCUT2D eigenvalue weighted by atomic mass is 19.4. The number of carboxylic acids is 1. The van der Waals surface area contributed by atoms with Crippen molar-refractivity contribution in [2.75, 3.05) is 6.54 Å². The van der Waals surface area contributed by atoms with Crippen LogP contribution in [0.25, 0.3) is 21.9 Å². The third-order valence-electron chi connectivity index (χ3n) is 9.78. The Balaban J connectivity index is 1.32. The molecule has 0 unspecified atom stereocenters. The average Bonchev–Trinajstić information content (AvgIpc) is 3.61. The minimum absolute atomic E-state index is 0.0210. The number of fused-ring (bicyclic) bond motifs is 6. The van der Waals surface area contributed by atoms with Crippen LogP contribution in [0.4, 0.5) is 13.2 Å². The molecular formula is C36H36F3N5O3. The first kappa shape index (κ1) is 31.0. The maximum atomic E-state index is 14.0. The molecule has 1 N–H and O–H groups in total. The van der Waals surface area contributed by atoms with Gasteiger partial charge in [0.2, 0.25) is 0 Å². The van der Waals surface area contributed by atoms with Crippen molar-refractivity contribution in [3.05, 3.63) is 93.7 Å². The number of alkyl halides is 3. The van der Waals surface area contributed by atoms with Crippen molar-refractivity contribution in [3.8, 4) is 0 Å². The van der Waals surface area contributed by atoms with Gasteiger partial charge in [0.25, 0.3) is 5.91 Å². The molecule has 2 aromatic heterocycles. The highest BCUT2D eigenvalue weighted by Gasteiger charge is 2.33. The molecular weight excluding hydrogens is 607 g/mol. The van der Waals surface area contributed by atoms with E-state index in [0.29, 0.717) is 30.4 Å². The van der Waals surface area contributed by atoms with Gasteiger partial charge >= 0.3 is 12.1 Å². The maximum absolute atomic E-state index is 14.0. The monoisotopic (exact) mass is 643 g/mol. The average molecular weight is 644 g/mol. The third-order valence-corrected chi connectivity index (χ3v) is 9.78. The van der Waals surface area contributed by atoms with Crippen molar-refractivity contribution in [2.45, 2.75) is 83.6 Å². The van der Waals surface area contributed by atoms with Crippen LogP contribution >= 0.6 is 0 Å². The summed E-state index contributed by atoms with van der Waals surface area (Å²) in [6.07, 6.45) is 0.510. The summed E-state index contributed by atoms with van der Waals surface area (Å²) < 4.78 is 44.4.